The summed E-state index contributed by atoms with van der Waals surface area (Å²) in [5, 5.41) is 11.6. The van der Waals surface area contributed by atoms with Crippen LogP contribution in [0.3, 0.4) is 0 Å². The first-order chi connectivity index (χ1) is 9.51. The van der Waals surface area contributed by atoms with Gasteiger partial charge in [-0.05, 0) is 33.1 Å². The number of amides is 1. The van der Waals surface area contributed by atoms with Crippen LogP contribution < -0.4 is 5.32 Å². The highest BCUT2D eigenvalue weighted by Crippen LogP contribution is 2.21. The Morgan fingerprint density at radius 2 is 1.81 bits per heavy atom. The van der Waals surface area contributed by atoms with Crippen LogP contribution in [0.15, 0.2) is 0 Å². The summed E-state index contributed by atoms with van der Waals surface area (Å²) in [6.07, 6.45) is 2.51. The molecule has 1 rings (SSSR count). The van der Waals surface area contributed by atoms with Gasteiger partial charge in [-0.25, -0.2) is 12.7 Å². The molecule has 1 heterocycles. The van der Waals surface area contributed by atoms with Crippen LogP contribution in [0.4, 0.5) is 0 Å². The molecule has 1 saturated heterocycles. The minimum absolute atomic E-state index is 0.000196. The first-order valence-corrected chi connectivity index (χ1v) is 8.85. The largest absolute Gasteiger partial charge is 0.481 e. The second kappa shape index (κ2) is 6.74. The summed E-state index contributed by atoms with van der Waals surface area (Å²) in [5.74, 6) is -1.23. The Morgan fingerprint density at radius 1 is 1.29 bits per heavy atom. The van der Waals surface area contributed by atoms with Gasteiger partial charge in [0.2, 0.25) is 15.9 Å². The normalized spacial score (nSPS) is 18.4. The number of carbonyl (C=O) groups is 2. The molecule has 0 spiro atoms. The molecule has 8 heteroatoms. The van der Waals surface area contributed by atoms with Crippen molar-refractivity contribution in [2.24, 2.45) is 5.92 Å². The molecular weight excluding hydrogens is 296 g/mol. The van der Waals surface area contributed by atoms with E-state index in [0.29, 0.717) is 32.4 Å². The Balaban J connectivity index is 2.49. The fourth-order valence-electron chi connectivity index (χ4n) is 2.37. The minimum Gasteiger partial charge on any atom is -0.481 e. The van der Waals surface area contributed by atoms with E-state index in [1.165, 1.54) is 10.6 Å². The standard InChI is InChI=1S/C13H24N2O5S/c1-13(2,7-4-11(16)17)14-12(18)10-5-8-15(9-6-10)21(3,19)20/h10H,4-9H2,1-3H3,(H,14,18)(H,16,17). The number of sulfonamides is 1. The van der Waals surface area contributed by atoms with Gasteiger partial charge in [-0.15, -0.1) is 0 Å². The smallest absolute Gasteiger partial charge is 0.303 e. The van der Waals surface area contributed by atoms with E-state index in [4.69, 9.17) is 5.11 Å². The molecule has 0 bridgehead atoms. The zero-order valence-electron chi connectivity index (χ0n) is 12.8. The molecule has 0 aromatic carbocycles. The van der Waals surface area contributed by atoms with Crippen molar-refractivity contribution < 1.29 is 23.1 Å². The third-order valence-corrected chi connectivity index (χ3v) is 5.02. The Kier molecular flexibility index (Phi) is 5.75. The van der Waals surface area contributed by atoms with Crippen molar-refractivity contribution in [1.29, 1.82) is 0 Å². The van der Waals surface area contributed by atoms with E-state index in [2.05, 4.69) is 5.32 Å². The lowest BCUT2D eigenvalue weighted by molar-refractivity contribution is -0.138. The first-order valence-electron chi connectivity index (χ1n) is 7.00. The molecule has 0 saturated carbocycles. The lowest BCUT2D eigenvalue weighted by Crippen LogP contribution is -2.49. The highest BCUT2D eigenvalue weighted by Gasteiger charge is 2.31. The quantitative estimate of drug-likeness (QED) is 0.738. The Morgan fingerprint density at radius 3 is 2.24 bits per heavy atom. The van der Waals surface area contributed by atoms with E-state index >= 15 is 0 Å². The van der Waals surface area contributed by atoms with Crippen LogP contribution in [0.25, 0.3) is 0 Å². The summed E-state index contributed by atoms with van der Waals surface area (Å²) in [6.45, 7) is 4.29. The summed E-state index contributed by atoms with van der Waals surface area (Å²) < 4.78 is 24.2. The van der Waals surface area contributed by atoms with Gasteiger partial charge in [0.25, 0.3) is 0 Å². The van der Waals surface area contributed by atoms with Gasteiger partial charge < -0.3 is 10.4 Å². The van der Waals surface area contributed by atoms with Crippen molar-refractivity contribution in [3.05, 3.63) is 0 Å². The maximum atomic E-state index is 12.2. The molecule has 1 amide bonds. The highest BCUT2D eigenvalue weighted by molar-refractivity contribution is 7.88. The molecule has 2 N–H and O–H groups in total. The molecule has 1 aliphatic heterocycles. The molecule has 0 atom stereocenters. The van der Waals surface area contributed by atoms with Crippen molar-refractivity contribution in [3.63, 3.8) is 0 Å². The number of piperidine rings is 1. The van der Waals surface area contributed by atoms with Crippen molar-refractivity contribution in [2.45, 2.75) is 45.1 Å². The van der Waals surface area contributed by atoms with Gasteiger partial charge in [-0.1, -0.05) is 0 Å². The summed E-state index contributed by atoms with van der Waals surface area (Å²) >= 11 is 0. The van der Waals surface area contributed by atoms with Crippen molar-refractivity contribution in [2.75, 3.05) is 19.3 Å². The van der Waals surface area contributed by atoms with Gasteiger partial charge in [0.05, 0.1) is 6.26 Å². The number of hydrogen-bond acceptors (Lipinski definition) is 4. The third-order valence-electron chi connectivity index (χ3n) is 3.72. The molecule has 122 valence electrons. The van der Waals surface area contributed by atoms with Crippen LogP contribution in [-0.2, 0) is 19.6 Å². The zero-order chi connectivity index (χ0) is 16.3. The molecule has 21 heavy (non-hydrogen) atoms. The van der Waals surface area contributed by atoms with Crippen LogP contribution in [0, 0.1) is 5.92 Å². The molecule has 0 aliphatic carbocycles. The van der Waals surface area contributed by atoms with Gasteiger partial charge in [-0.2, -0.15) is 0 Å². The van der Waals surface area contributed by atoms with Gasteiger partial charge in [0.1, 0.15) is 0 Å². The van der Waals surface area contributed by atoms with Crippen molar-refractivity contribution >= 4 is 21.9 Å². The summed E-state index contributed by atoms with van der Waals surface area (Å²) in [5.41, 5.74) is -0.580. The molecule has 0 radical (unpaired) electrons. The lowest BCUT2D eigenvalue weighted by atomic mass is 9.93. The van der Waals surface area contributed by atoms with Crippen LogP contribution in [0.1, 0.15) is 39.5 Å². The number of carbonyl (C=O) groups excluding carboxylic acids is 1. The highest BCUT2D eigenvalue weighted by atomic mass is 32.2. The molecule has 1 aliphatic rings. The maximum absolute atomic E-state index is 12.2. The first kappa shape index (κ1) is 17.9. The number of aliphatic carboxylic acids is 1. The molecule has 1 fully saturated rings. The van der Waals surface area contributed by atoms with Gasteiger partial charge in [0, 0.05) is 31.0 Å². The third kappa shape index (κ3) is 6.01. The Labute approximate surface area is 125 Å². The van der Waals surface area contributed by atoms with Gasteiger partial charge in [-0.3, -0.25) is 9.59 Å². The van der Waals surface area contributed by atoms with E-state index in [1.54, 1.807) is 13.8 Å². The fourth-order valence-corrected chi connectivity index (χ4v) is 3.24. The average molecular weight is 320 g/mol. The van der Waals surface area contributed by atoms with E-state index in [9.17, 15) is 18.0 Å². The van der Waals surface area contributed by atoms with Gasteiger partial charge >= 0.3 is 5.97 Å². The number of rotatable bonds is 6. The van der Waals surface area contributed by atoms with Crippen LogP contribution in [-0.4, -0.2) is 54.6 Å². The minimum atomic E-state index is -3.19. The molecule has 0 unspecified atom stereocenters. The lowest BCUT2D eigenvalue weighted by Gasteiger charge is -2.32. The summed E-state index contributed by atoms with van der Waals surface area (Å²) in [6, 6.07) is 0. The van der Waals surface area contributed by atoms with E-state index in [1.807, 2.05) is 0 Å². The molecular formula is C13H24N2O5S. The van der Waals surface area contributed by atoms with Crippen LogP contribution >= 0.6 is 0 Å². The Hall–Kier alpha value is -1.15. The molecule has 7 nitrogen and oxygen atoms in total. The van der Waals surface area contributed by atoms with E-state index in [0.717, 1.165) is 0 Å². The van der Waals surface area contributed by atoms with Crippen LogP contribution in [0.5, 0.6) is 0 Å². The molecule has 0 aromatic rings. The van der Waals surface area contributed by atoms with E-state index in [-0.39, 0.29) is 18.2 Å². The zero-order valence-corrected chi connectivity index (χ0v) is 13.6. The second-order valence-electron chi connectivity index (χ2n) is 6.20. The Bertz CT molecular complexity index is 493. The predicted octanol–water partition coefficient (Wildman–Crippen LogP) is 0.418. The summed E-state index contributed by atoms with van der Waals surface area (Å²) in [4.78, 5) is 22.8. The van der Waals surface area contributed by atoms with Crippen LogP contribution in [0.2, 0.25) is 0 Å². The number of nitrogens with one attached hydrogen (secondary N) is 1. The van der Waals surface area contributed by atoms with Crippen molar-refractivity contribution in [1.82, 2.24) is 9.62 Å². The predicted molar refractivity (Wildman–Crippen MR) is 78.2 cm³/mol. The fraction of sp³-hybridized carbons (Fsp3) is 0.846. The molecule has 0 aromatic heterocycles. The second-order valence-corrected chi connectivity index (χ2v) is 8.19. The number of hydrogen-bond donors (Lipinski definition) is 2. The van der Waals surface area contributed by atoms with E-state index < -0.39 is 21.5 Å². The monoisotopic (exact) mass is 320 g/mol. The summed E-state index contributed by atoms with van der Waals surface area (Å²) in [7, 11) is -3.19. The number of carboxylic acids is 1. The number of nitrogens with zero attached hydrogens (tertiary/aromatic N) is 1. The number of carboxylic acid groups (broad SMARTS) is 1. The topological polar surface area (TPSA) is 104 Å². The van der Waals surface area contributed by atoms with Crippen molar-refractivity contribution in [3.8, 4) is 0 Å². The maximum Gasteiger partial charge on any atom is 0.303 e. The average Bonchev–Trinajstić information content (AvgIpc) is 2.35. The SMILES string of the molecule is CC(C)(CCC(=O)O)NC(=O)C1CCN(S(C)(=O)=O)CC1. The van der Waals surface area contributed by atoms with Gasteiger partial charge in [0.15, 0.2) is 0 Å².